The van der Waals surface area contributed by atoms with Gasteiger partial charge in [0.1, 0.15) is 0 Å². The van der Waals surface area contributed by atoms with Gasteiger partial charge in [0.15, 0.2) is 0 Å². The number of hydrogen-bond donors (Lipinski definition) is 2. The van der Waals surface area contributed by atoms with Gasteiger partial charge in [-0.3, -0.25) is 0 Å². The van der Waals surface area contributed by atoms with Crippen molar-refractivity contribution in [1.82, 2.24) is 10.6 Å². The van der Waals surface area contributed by atoms with Crippen LogP contribution in [0.4, 0.5) is 9.59 Å². The fraction of sp³-hybridized carbons (Fsp3) is 0.300. The zero-order valence-electron chi connectivity index (χ0n) is 28.9. The first-order chi connectivity index (χ1) is 25.4. The van der Waals surface area contributed by atoms with E-state index in [0.29, 0.717) is 10.6 Å². The monoisotopic (exact) mass is 836 g/mol. The maximum absolute atomic E-state index is 13.0. The first-order valence-corrected chi connectivity index (χ1v) is 24.0. The van der Waals surface area contributed by atoms with E-state index in [2.05, 4.69) is 34.9 Å². The number of carbonyl (C=O) groups is 4. The van der Waals surface area contributed by atoms with Gasteiger partial charge < -0.3 is 0 Å². The Morgan fingerprint density at radius 1 is 0.519 bits per heavy atom. The summed E-state index contributed by atoms with van der Waals surface area (Å²) in [5.41, 5.74) is 8.84. The second-order valence-electron chi connectivity index (χ2n) is 12.1. The van der Waals surface area contributed by atoms with Crippen LogP contribution in [0, 0.1) is 0 Å². The average molecular weight is 835 g/mol. The van der Waals surface area contributed by atoms with Crippen molar-refractivity contribution >= 4 is 50.4 Å². The van der Waals surface area contributed by atoms with Crippen molar-refractivity contribution in [2.24, 2.45) is 0 Å². The zero-order valence-corrected chi connectivity index (χ0v) is 32.3. The van der Waals surface area contributed by atoms with Crippen LogP contribution in [-0.2, 0) is 28.5 Å². The summed E-state index contributed by atoms with van der Waals surface area (Å²) in [6, 6.07) is 30.4. The second kappa shape index (κ2) is 17.8. The molecule has 0 aliphatic heterocycles. The van der Waals surface area contributed by atoms with Gasteiger partial charge in [0, 0.05) is 0 Å². The molecule has 0 saturated heterocycles. The molecule has 4 aromatic carbocycles. The SMILES string of the molecule is CCOC(=O)[C@H](C[Se][Se]C[C@H](NC(=O)OCC1c2ccccc2-c2ccccc21)C(=O)OCC)NC(=O)OCC1c2ccccc2-c2ccccc21. The molecule has 2 aliphatic carbocycles. The number of carbonyl (C=O) groups excluding carboxylic acids is 4. The maximum atomic E-state index is 13.0. The standard InChI is InChI=1S/C40H40N2O8Se2/c1-3-47-37(43)35(41-39(45)49-21-33-29-17-9-5-13-25(29)26-14-6-10-18-30(26)33)23-51-52-24-36(38(44)48-4-2)42-40(46)50-22-34-31-19-11-7-15-27(31)28-16-8-12-20-32(28)34/h5-20,33-36H,3-4,21-24H2,1-2H3,(H,41,45)(H,42,46)/t35-,36-/m0/s1. The predicted octanol–water partition coefficient (Wildman–Crippen LogP) is 6.09. The van der Waals surface area contributed by atoms with E-state index < -0.39 is 36.2 Å². The molecule has 10 nitrogen and oxygen atoms in total. The molecule has 2 N–H and O–H groups in total. The molecule has 0 bridgehead atoms. The van der Waals surface area contributed by atoms with Gasteiger partial charge >= 0.3 is 316 Å². The fourth-order valence-corrected chi connectivity index (χ4v) is 13.6. The Balaban J connectivity index is 1.01. The van der Waals surface area contributed by atoms with Gasteiger partial charge in [-0.2, -0.15) is 0 Å². The summed E-state index contributed by atoms with van der Waals surface area (Å²) in [4.78, 5) is 51.7. The van der Waals surface area contributed by atoms with Gasteiger partial charge in [-0.25, -0.2) is 0 Å². The summed E-state index contributed by atoms with van der Waals surface area (Å²) in [6.07, 6.45) is -1.41. The molecule has 2 amide bonds. The van der Waals surface area contributed by atoms with Crippen molar-refractivity contribution in [1.29, 1.82) is 0 Å². The van der Waals surface area contributed by atoms with Crippen LogP contribution in [0.2, 0.25) is 10.6 Å². The molecule has 52 heavy (non-hydrogen) atoms. The van der Waals surface area contributed by atoms with Gasteiger partial charge in [0.05, 0.1) is 0 Å². The predicted molar refractivity (Wildman–Crippen MR) is 198 cm³/mol. The van der Waals surface area contributed by atoms with Crippen molar-refractivity contribution in [2.75, 3.05) is 26.4 Å². The van der Waals surface area contributed by atoms with Crippen LogP contribution >= 0.6 is 0 Å². The molecular weight excluding hydrogens is 794 g/mol. The number of fused-ring (bicyclic) bond motifs is 6. The average Bonchev–Trinajstić information content (AvgIpc) is 3.66. The van der Waals surface area contributed by atoms with E-state index in [-0.39, 0.29) is 64.5 Å². The van der Waals surface area contributed by atoms with E-state index in [1.807, 2.05) is 72.8 Å². The molecule has 0 aromatic heterocycles. The number of nitrogens with one attached hydrogen (secondary N) is 2. The molecule has 2 aliphatic rings. The number of ether oxygens (including phenoxy) is 4. The molecule has 12 heteroatoms. The minimum absolute atomic E-state index is 0.115. The summed E-state index contributed by atoms with van der Waals surface area (Å²) in [7, 11) is 0. The van der Waals surface area contributed by atoms with Gasteiger partial charge in [-0.15, -0.1) is 0 Å². The molecule has 6 rings (SSSR count). The summed E-state index contributed by atoms with van der Waals surface area (Å²) in [5.74, 6) is -1.33. The number of amides is 2. The molecule has 0 heterocycles. The van der Waals surface area contributed by atoms with Crippen molar-refractivity contribution < 1.29 is 38.1 Å². The van der Waals surface area contributed by atoms with Crippen LogP contribution in [-0.4, -0.2) is 88.9 Å². The van der Waals surface area contributed by atoms with E-state index in [0.717, 1.165) is 44.5 Å². The van der Waals surface area contributed by atoms with Gasteiger partial charge in [-0.05, 0) is 0 Å². The second-order valence-corrected chi connectivity index (χ2v) is 19.6. The van der Waals surface area contributed by atoms with E-state index in [4.69, 9.17) is 18.9 Å². The van der Waals surface area contributed by atoms with Crippen LogP contribution in [0.15, 0.2) is 97.1 Å². The first kappa shape index (κ1) is 37.2. The molecule has 0 fully saturated rings. The van der Waals surface area contributed by atoms with E-state index >= 15 is 0 Å². The number of benzene rings is 4. The van der Waals surface area contributed by atoms with Crippen LogP contribution in [0.3, 0.4) is 0 Å². The van der Waals surface area contributed by atoms with Crippen LogP contribution in [0.5, 0.6) is 0 Å². The molecule has 0 radical (unpaired) electrons. The summed E-state index contributed by atoms with van der Waals surface area (Å²) < 4.78 is 21.9. The van der Waals surface area contributed by atoms with Crippen molar-refractivity contribution in [3.63, 3.8) is 0 Å². The quantitative estimate of drug-likeness (QED) is 0.0638. The topological polar surface area (TPSA) is 129 Å². The summed E-state index contributed by atoms with van der Waals surface area (Å²) in [6.45, 7) is 3.97. The minimum atomic E-state index is -0.909. The van der Waals surface area contributed by atoms with E-state index in [1.165, 1.54) is 0 Å². The Labute approximate surface area is 314 Å². The number of rotatable bonds is 15. The third-order valence-electron chi connectivity index (χ3n) is 8.97. The molecule has 0 unspecified atom stereocenters. The third kappa shape index (κ3) is 8.53. The van der Waals surface area contributed by atoms with Crippen LogP contribution in [0.25, 0.3) is 22.3 Å². The fourth-order valence-electron chi connectivity index (χ4n) is 6.62. The van der Waals surface area contributed by atoms with Gasteiger partial charge in [0.25, 0.3) is 0 Å². The van der Waals surface area contributed by atoms with E-state index in [9.17, 15) is 19.2 Å². The normalized spacial score (nSPS) is 13.8. The molecule has 270 valence electrons. The Morgan fingerprint density at radius 2 is 0.827 bits per heavy atom. The van der Waals surface area contributed by atoms with Crippen molar-refractivity contribution in [3.05, 3.63) is 119 Å². The van der Waals surface area contributed by atoms with Gasteiger partial charge in [0.2, 0.25) is 0 Å². The Bertz CT molecular complexity index is 1690. The van der Waals surface area contributed by atoms with Crippen molar-refractivity contribution in [2.45, 2.75) is 48.4 Å². The van der Waals surface area contributed by atoms with Crippen LogP contribution in [0.1, 0.15) is 47.9 Å². The summed E-state index contributed by atoms with van der Waals surface area (Å²) >= 11 is -0.316. The first-order valence-electron chi connectivity index (χ1n) is 17.2. The molecule has 0 spiro atoms. The van der Waals surface area contributed by atoms with E-state index in [1.54, 1.807) is 13.8 Å². The Kier molecular flexibility index (Phi) is 12.7. The van der Waals surface area contributed by atoms with Crippen molar-refractivity contribution in [3.8, 4) is 22.3 Å². The number of alkyl carbamates (subject to hydrolysis) is 2. The number of hydrogen-bond acceptors (Lipinski definition) is 8. The van der Waals surface area contributed by atoms with Gasteiger partial charge in [-0.1, -0.05) is 0 Å². The third-order valence-corrected chi connectivity index (χ3v) is 16.1. The molecular formula is C40H40N2O8Se2. The van der Waals surface area contributed by atoms with Crippen LogP contribution < -0.4 is 10.6 Å². The molecule has 2 atom stereocenters. The molecule has 4 aromatic rings. The Morgan fingerprint density at radius 3 is 1.13 bits per heavy atom. The molecule has 0 saturated carbocycles. The zero-order chi connectivity index (χ0) is 36.5. The number of esters is 2. The Hall–Kier alpha value is -4.60. The summed E-state index contributed by atoms with van der Waals surface area (Å²) in [5, 5.41) is 6.07.